The zero-order valence-electron chi connectivity index (χ0n) is 24.9. The molecule has 1 aliphatic heterocycles. The van der Waals surface area contributed by atoms with Crippen LogP contribution in [0.4, 0.5) is 8.78 Å². The van der Waals surface area contributed by atoms with E-state index in [0.717, 1.165) is 60.5 Å². The van der Waals surface area contributed by atoms with Crippen LogP contribution in [-0.2, 0) is 11.3 Å². The van der Waals surface area contributed by atoms with Crippen molar-refractivity contribution in [1.82, 2.24) is 14.8 Å². The van der Waals surface area contributed by atoms with E-state index in [0.29, 0.717) is 38.6 Å². The number of alkyl halides is 2. The summed E-state index contributed by atoms with van der Waals surface area (Å²) in [5.74, 6) is 0.390. The number of halogens is 2. The van der Waals surface area contributed by atoms with Crippen LogP contribution in [0.2, 0.25) is 0 Å². The minimum atomic E-state index is -2.89. The Morgan fingerprint density at radius 3 is 2.43 bits per heavy atom. The molecule has 0 spiro atoms. The molecule has 1 aromatic carbocycles. The number of ether oxygens (including phenoxy) is 2. The smallest absolute Gasteiger partial charge is 0.387 e. The number of rotatable bonds is 10. The maximum absolute atomic E-state index is 13.9. The fourth-order valence-corrected chi connectivity index (χ4v) is 5.69. The van der Waals surface area contributed by atoms with Gasteiger partial charge in [0.1, 0.15) is 11.3 Å². The van der Waals surface area contributed by atoms with Gasteiger partial charge < -0.3 is 19.4 Å². The number of pyridine rings is 1. The summed E-state index contributed by atoms with van der Waals surface area (Å²) in [5.41, 5.74) is 1.47. The van der Waals surface area contributed by atoms with Crippen molar-refractivity contribution >= 4 is 23.6 Å². The van der Waals surface area contributed by atoms with Gasteiger partial charge in [0.05, 0.1) is 13.2 Å². The number of benzene rings is 1. The molecule has 2 aromatic rings. The molecule has 2 fully saturated rings. The first-order valence-corrected chi connectivity index (χ1v) is 15.1. The molecule has 42 heavy (non-hydrogen) atoms. The molecular weight excluding hydrogens is 540 g/mol. The van der Waals surface area contributed by atoms with Gasteiger partial charge in [-0.25, -0.2) is 0 Å². The first-order chi connectivity index (χ1) is 20.3. The van der Waals surface area contributed by atoms with E-state index in [1.54, 1.807) is 22.8 Å². The van der Waals surface area contributed by atoms with Crippen molar-refractivity contribution in [2.75, 3.05) is 32.8 Å². The van der Waals surface area contributed by atoms with E-state index in [1.807, 2.05) is 32.1 Å². The van der Waals surface area contributed by atoms with Crippen LogP contribution in [0.25, 0.3) is 17.7 Å². The molecule has 1 aliphatic carbocycles. The normalized spacial score (nSPS) is 21.1. The van der Waals surface area contributed by atoms with Crippen LogP contribution in [0.3, 0.4) is 0 Å². The topological polar surface area (TPSA) is 72.8 Å². The monoisotopic (exact) mass is 583 g/mol. The third-order valence-corrected chi connectivity index (χ3v) is 8.13. The Bertz CT molecular complexity index is 1400. The Morgan fingerprint density at radius 2 is 1.81 bits per heavy atom. The standard InChI is InChI=1S/C33H43F2N3O4/c1-4-6-30-26(21-24(5-2)25-9-13-28(14-10-25)42-33(34)35)22-29(31(39)36-27-11-7-23(3)8-12-27)32(40)38(30)16-15-37-17-19-41-20-18-37/h5-6,9-10,13-14,21-23,27,33H,4,7-8,11-12,15-20H2,1-3H3,(H,36,39)/b24-5+,26-21-,30-6-. The lowest BCUT2D eigenvalue weighted by atomic mass is 9.87. The fraction of sp³-hybridized carbons (Fsp3) is 0.515. The third-order valence-electron chi connectivity index (χ3n) is 8.13. The Kier molecular flexibility index (Phi) is 11.5. The number of aromatic nitrogens is 1. The number of nitrogens with one attached hydrogen (secondary N) is 1. The average molecular weight is 584 g/mol. The van der Waals surface area contributed by atoms with Crippen molar-refractivity contribution < 1.29 is 23.0 Å². The average Bonchev–Trinajstić information content (AvgIpc) is 2.98. The number of hydrogen-bond acceptors (Lipinski definition) is 5. The van der Waals surface area contributed by atoms with Gasteiger partial charge in [-0.1, -0.05) is 38.1 Å². The highest BCUT2D eigenvalue weighted by molar-refractivity contribution is 5.94. The second kappa shape index (κ2) is 15.3. The highest BCUT2D eigenvalue weighted by Crippen LogP contribution is 2.24. The van der Waals surface area contributed by atoms with Crippen LogP contribution >= 0.6 is 0 Å². The van der Waals surface area contributed by atoms with Crippen LogP contribution in [0.5, 0.6) is 5.75 Å². The maximum atomic E-state index is 13.9. The number of amides is 1. The number of hydrogen-bond donors (Lipinski definition) is 1. The highest BCUT2D eigenvalue weighted by Gasteiger charge is 2.23. The lowest BCUT2D eigenvalue weighted by Crippen LogP contribution is -2.50. The Hall–Kier alpha value is -3.30. The van der Waals surface area contributed by atoms with Gasteiger partial charge in [0, 0.05) is 37.6 Å². The molecule has 1 saturated heterocycles. The summed E-state index contributed by atoms with van der Waals surface area (Å²) >= 11 is 0. The summed E-state index contributed by atoms with van der Waals surface area (Å²) in [4.78, 5) is 29.8. The molecule has 0 atom stereocenters. The van der Waals surface area contributed by atoms with E-state index in [9.17, 15) is 18.4 Å². The van der Waals surface area contributed by atoms with Crippen molar-refractivity contribution in [2.24, 2.45) is 5.92 Å². The molecule has 2 aliphatic rings. The van der Waals surface area contributed by atoms with Crippen molar-refractivity contribution in [3.8, 4) is 5.75 Å². The highest BCUT2D eigenvalue weighted by atomic mass is 19.3. The SMILES string of the molecule is C\C=C(/C=c1/cc(C(=O)NC2CCC(C)CC2)c(=O)n(CCN2CCOCC2)/c1=C\CC)c1ccc(OC(F)F)cc1. The summed E-state index contributed by atoms with van der Waals surface area (Å²) < 4.78 is 37.0. The van der Waals surface area contributed by atoms with Crippen LogP contribution in [-0.4, -0.2) is 60.9 Å². The Labute approximate surface area is 246 Å². The van der Waals surface area contributed by atoms with Crippen LogP contribution in [0.15, 0.2) is 41.2 Å². The van der Waals surface area contributed by atoms with Gasteiger partial charge in [-0.05, 0) is 85.6 Å². The number of carbonyl (C=O) groups excluding carboxylic acids is 1. The number of allylic oxidation sites excluding steroid dienone is 2. The van der Waals surface area contributed by atoms with Crippen LogP contribution < -0.4 is 26.2 Å². The van der Waals surface area contributed by atoms with Gasteiger partial charge >= 0.3 is 6.61 Å². The fourth-order valence-electron chi connectivity index (χ4n) is 5.69. The van der Waals surface area contributed by atoms with Crippen molar-refractivity contribution in [3.63, 3.8) is 0 Å². The van der Waals surface area contributed by atoms with E-state index >= 15 is 0 Å². The van der Waals surface area contributed by atoms with E-state index in [-0.39, 0.29) is 28.8 Å². The summed E-state index contributed by atoms with van der Waals surface area (Å²) in [6.45, 7) is 7.29. The predicted octanol–water partition coefficient (Wildman–Crippen LogP) is 4.16. The molecule has 0 bridgehead atoms. The minimum absolute atomic E-state index is 0.0595. The Balaban J connectivity index is 1.77. The van der Waals surface area contributed by atoms with E-state index in [4.69, 9.17) is 4.74 Å². The first kappa shape index (κ1) is 31.6. The lowest BCUT2D eigenvalue weighted by Gasteiger charge is -2.27. The molecule has 0 unspecified atom stereocenters. The van der Waals surface area contributed by atoms with Gasteiger partial charge in [-0.15, -0.1) is 0 Å². The summed E-state index contributed by atoms with van der Waals surface area (Å²) in [5, 5.41) is 4.65. The predicted molar refractivity (Wildman–Crippen MR) is 162 cm³/mol. The lowest BCUT2D eigenvalue weighted by molar-refractivity contribution is -0.0498. The molecule has 2 heterocycles. The quantitative estimate of drug-likeness (QED) is 0.455. The van der Waals surface area contributed by atoms with Crippen molar-refractivity contribution in [2.45, 2.75) is 72.1 Å². The third kappa shape index (κ3) is 8.38. The summed E-state index contributed by atoms with van der Waals surface area (Å²) in [6.07, 6.45) is 10.5. The number of carbonyl (C=O) groups is 1. The van der Waals surface area contributed by atoms with E-state index in [1.165, 1.54) is 12.1 Å². The molecule has 4 rings (SSSR count). The molecule has 7 nitrogen and oxygen atoms in total. The second-order valence-corrected chi connectivity index (χ2v) is 11.1. The van der Waals surface area contributed by atoms with Gasteiger partial charge in [0.15, 0.2) is 0 Å². The van der Waals surface area contributed by atoms with Gasteiger partial charge in [0.25, 0.3) is 11.5 Å². The minimum Gasteiger partial charge on any atom is -0.435 e. The molecule has 228 valence electrons. The molecule has 0 radical (unpaired) electrons. The summed E-state index contributed by atoms with van der Waals surface area (Å²) in [6, 6.07) is 8.21. The number of nitrogens with zero attached hydrogens (tertiary/aromatic N) is 2. The first-order valence-electron chi connectivity index (χ1n) is 15.1. The number of morpholine rings is 1. The molecule has 1 aromatic heterocycles. The van der Waals surface area contributed by atoms with Crippen LogP contribution in [0.1, 0.15) is 68.8 Å². The zero-order chi connectivity index (χ0) is 30.1. The van der Waals surface area contributed by atoms with Crippen molar-refractivity contribution in [1.29, 1.82) is 0 Å². The zero-order valence-corrected chi connectivity index (χ0v) is 24.9. The summed E-state index contributed by atoms with van der Waals surface area (Å²) in [7, 11) is 0. The maximum Gasteiger partial charge on any atom is 0.387 e. The second-order valence-electron chi connectivity index (χ2n) is 11.1. The van der Waals surface area contributed by atoms with Crippen LogP contribution in [0, 0.1) is 5.92 Å². The molecule has 1 amide bonds. The van der Waals surface area contributed by atoms with E-state index in [2.05, 4.69) is 21.9 Å². The molecule has 9 heteroatoms. The van der Waals surface area contributed by atoms with Gasteiger partial charge in [0.2, 0.25) is 0 Å². The largest absolute Gasteiger partial charge is 0.435 e. The molecule has 1 N–H and O–H groups in total. The molecular formula is C33H43F2N3O4. The van der Waals surface area contributed by atoms with E-state index < -0.39 is 6.61 Å². The Morgan fingerprint density at radius 1 is 1.12 bits per heavy atom. The van der Waals surface area contributed by atoms with Gasteiger partial charge in [-0.2, -0.15) is 8.78 Å². The van der Waals surface area contributed by atoms with Crippen molar-refractivity contribution in [3.05, 3.63) is 68.5 Å². The molecule has 1 saturated carbocycles. The van der Waals surface area contributed by atoms with Gasteiger partial charge in [-0.3, -0.25) is 14.5 Å².